The quantitative estimate of drug-likeness (QED) is 0.829. The van der Waals surface area contributed by atoms with Gasteiger partial charge in [-0.3, -0.25) is 9.69 Å². The summed E-state index contributed by atoms with van der Waals surface area (Å²) >= 11 is 1.50. The molecule has 0 radical (unpaired) electrons. The number of rotatable bonds is 5. The number of carbonyl (C=O) groups excluding carboxylic acids is 1. The molecule has 6 heteroatoms. The summed E-state index contributed by atoms with van der Waals surface area (Å²) in [6, 6.07) is 0. The molecular formula is C17H27N3O2S. The third-order valence-electron chi connectivity index (χ3n) is 4.94. The van der Waals surface area contributed by atoms with Gasteiger partial charge in [0.15, 0.2) is 0 Å². The van der Waals surface area contributed by atoms with Crippen molar-refractivity contribution in [2.24, 2.45) is 5.92 Å². The minimum atomic E-state index is 0.0703. The molecule has 2 heterocycles. The maximum absolute atomic E-state index is 12.5. The largest absolute Gasteiger partial charge is 0.378 e. The fourth-order valence-corrected chi connectivity index (χ4v) is 4.37. The van der Waals surface area contributed by atoms with Gasteiger partial charge in [0.05, 0.1) is 6.61 Å². The Hall–Kier alpha value is -0.980. The van der Waals surface area contributed by atoms with Crippen LogP contribution < -0.4 is 0 Å². The van der Waals surface area contributed by atoms with Crippen LogP contribution in [-0.2, 0) is 11.3 Å². The summed E-state index contributed by atoms with van der Waals surface area (Å²) in [5.41, 5.74) is 0.572. The number of aromatic nitrogens is 1. The Morgan fingerprint density at radius 2 is 2.00 bits per heavy atom. The van der Waals surface area contributed by atoms with E-state index < -0.39 is 0 Å². The highest BCUT2D eigenvalue weighted by molar-refractivity contribution is 7.09. The molecule has 5 nitrogen and oxygen atoms in total. The molecule has 0 N–H and O–H groups in total. The van der Waals surface area contributed by atoms with E-state index in [0.717, 1.165) is 37.1 Å². The minimum absolute atomic E-state index is 0.0703. The van der Waals surface area contributed by atoms with Crippen molar-refractivity contribution >= 4 is 17.2 Å². The number of nitrogens with zero attached hydrogens (tertiary/aromatic N) is 3. The lowest BCUT2D eigenvalue weighted by atomic mass is 9.89. The second-order valence-electron chi connectivity index (χ2n) is 6.66. The van der Waals surface area contributed by atoms with Gasteiger partial charge in [-0.05, 0) is 18.8 Å². The molecule has 1 aromatic rings. The Labute approximate surface area is 142 Å². The summed E-state index contributed by atoms with van der Waals surface area (Å²) in [7, 11) is 1.65. The van der Waals surface area contributed by atoms with Crippen LogP contribution in [0.2, 0.25) is 0 Å². The topological polar surface area (TPSA) is 45.7 Å². The van der Waals surface area contributed by atoms with Crippen LogP contribution in [0.1, 0.15) is 47.6 Å². The number of amides is 1. The van der Waals surface area contributed by atoms with E-state index in [2.05, 4.69) is 9.88 Å². The summed E-state index contributed by atoms with van der Waals surface area (Å²) in [6.07, 6.45) is 6.99. The van der Waals surface area contributed by atoms with E-state index in [9.17, 15) is 4.79 Å². The van der Waals surface area contributed by atoms with Gasteiger partial charge in [0.1, 0.15) is 10.7 Å². The van der Waals surface area contributed by atoms with E-state index in [1.54, 1.807) is 7.11 Å². The van der Waals surface area contributed by atoms with Gasteiger partial charge in [0.2, 0.25) is 0 Å². The van der Waals surface area contributed by atoms with Gasteiger partial charge in [0, 0.05) is 45.2 Å². The van der Waals surface area contributed by atoms with Crippen LogP contribution in [0.15, 0.2) is 5.38 Å². The van der Waals surface area contributed by atoms with E-state index in [1.807, 2.05) is 10.3 Å². The number of carbonyl (C=O) groups is 1. The summed E-state index contributed by atoms with van der Waals surface area (Å²) < 4.78 is 5.07. The van der Waals surface area contributed by atoms with Gasteiger partial charge < -0.3 is 9.64 Å². The van der Waals surface area contributed by atoms with E-state index in [-0.39, 0.29) is 5.91 Å². The van der Waals surface area contributed by atoms with Crippen molar-refractivity contribution < 1.29 is 9.53 Å². The summed E-state index contributed by atoms with van der Waals surface area (Å²) in [4.78, 5) is 21.4. The van der Waals surface area contributed by atoms with Crippen LogP contribution in [0.4, 0.5) is 0 Å². The zero-order valence-corrected chi connectivity index (χ0v) is 14.8. The van der Waals surface area contributed by atoms with E-state index >= 15 is 0 Å². The molecule has 23 heavy (non-hydrogen) atoms. The van der Waals surface area contributed by atoms with Gasteiger partial charge in [0.25, 0.3) is 5.91 Å². The first-order valence-corrected chi connectivity index (χ1v) is 9.59. The molecule has 1 aliphatic carbocycles. The highest BCUT2D eigenvalue weighted by atomic mass is 32.1. The standard InChI is InChI=1S/C17H27N3O2S/c1-22-12-16-18-15(13-23-16)17(21)20-9-7-19(8-10-20)11-14-5-3-2-4-6-14/h13-14H,2-12H2,1H3. The van der Waals surface area contributed by atoms with Gasteiger partial charge in [-0.1, -0.05) is 19.3 Å². The van der Waals surface area contributed by atoms with Crippen molar-refractivity contribution in [3.05, 3.63) is 16.1 Å². The van der Waals surface area contributed by atoms with Crippen molar-refractivity contribution in [3.63, 3.8) is 0 Å². The molecular weight excluding hydrogens is 310 g/mol. The van der Waals surface area contributed by atoms with E-state index in [4.69, 9.17) is 4.74 Å². The number of methoxy groups -OCH3 is 1. The number of ether oxygens (including phenoxy) is 1. The van der Waals surface area contributed by atoms with Crippen LogP contribution >= 0.6 is 11.3 Å². The van der Waals surface area contributed by atoms with Crippen molar-refractivity contribution in [1.82, 2.24) is 14.8 Å². The molecule has 1 saturated heterocycles. The first-order chi connectivity index (χ1) is 11.3. The van der Waals surface area contributed by atoms with Crippen LogP contribution in [0, 0.1) is 5.92 Å². The van der Waals surface area contributed by atoms with Crippen LogP contribution in [0.3, 0.4) is 0 Å². The Morgan fingerprint density at radius 1 is 1.26 bits per heavy atom. The first-order valence-electron chi connectivity index (χ1n) is 8.71. The minimum Gasteiger partial charge on any atom is -0.378 e. The van der Waals surface area contributed by atoms with Gasteiger partial charge in [-0.2, -0.15) is 0 Å². The predicted molar refractivity (Wildman–Crippen MR) is 91.7 cm³/mol. The average molecular weight is 337 g/mol. The monoisotopic (exact) mass is 337 g/mol. The second kappa shape index (κ2) is 8.22. The summed E-state index contributed by atoms with van der Waals surface area (Å²) in [5, 5.41) is 2.72. The molecule has 1 amide bonds. The zero-order valence-electron chi connectivity index (χ0n) is 14.0. The molecule has 3 rings (SSSR count). The van der Waals surface area contributed by atoms with Crippen molar-refractivity contribution in [3.8, 4) is 0 Å². The summed E-state index contributed by atoms with van der Waals surface area (Å²) in [5.74, 6) is 0.946. The van der Waals surface area contributed by atoms with Crippen molar-refractivity contribution in [1.29, 1.82) is 0 Å². The Morgan fingerprint density at radius 3 is 2.70 bits per heavy atom. The van der Waals surface area contributed by atoms with Crippen molar-refractivity contribution in [2.75, 3.05) is 39.8 Å². The molecule has 128 valence electrons. The molecule has 2 fully saturated rings. The lowest BCUT2D eigenvalue weighted by Gasteiger charge is -2.37. The maximum Gasteiger partial charge on any atom is 0.273 e. The van der Waals surface area contributed by atoms with Crippen LogP contribution in [-0.4, -0.2) is 60.5 Å². The Kier molecular flexibility index (Phi) is 6.02. The van der Waals surface area contributed by atoms with Crippen LogP contribution in [0.5, 0.6) is 0 Å². The predicted octanol–water partition coefficient (Wildman–Crippen LogP) is 2.63. The van der Waals surface area contributed by atoms with E-state index in [0.29, 0.717) is 12.3 Å². The number of hydrogen-bond acceptors (Lipinski definition) is 5. The molecule has 2 aliphatic rings. The van der Waals surface area contributed by atoms with Crippen LogP contribution in [0.25, 0.3) is 0 Å². The third kappa shape index (κ3) is 4.52. The molecule has 1 aliphatic heterocycles. The van der Waals surface area contributed by atoms with Gasteiger partial charge in [-0.15, -0.1) is 11.3 Å². The number of thiazole rings is 1. The average Bonchev–Trinajstić information content (AvgIpc) is 3.05. The van der Waals surface area contributed by atoms with Gasteiger partial charge in [-0.25, -0.2) is 4.98 Å². The highest BCUT2D eigenvalue weighted by Gasteiger charge is 2.25. The lowest BCUT2D eigenvalue weighted by molar-refractivity contribution is 0.0601. The fraction of sp³-hybridized carbons (Fsp3) is 0.765. The SMILES string of the molecule is COCc1nc(C(=O)N2CCN(CC3CCCCC3)CC2)cs1. The second-order valence-corrected chi connectivity index (χ2v) is 7.60. The molecule has 1 saturated carbocycles. The summed E-state index contributed by atoms with van der Waals surface area (Å²) in [6.45, 7) is 5.34. The normalized spacial score (nSPS) is 20.8. The molecule has 0 bridgehead atoms. The lowest BCUT2D eigenvalue weighted by Crippen LogP contribution is -2.50. The number of piperazine rings is 1. The van der Waals surface area contributed by atoms with Crippen molar-refractivity contribution in [2.45, 2.75) is 38.7 Å². The molecule has 0 atom stereocenters. The smallest absolute Gasteiger partial charge is 0.273 e. The Bertz CT molecular complexity index is 506. The maximum atomic E-state index is 12.5. The molecule has 0 aromatic carbocycles. The zero-order chi connectivity index (χ0) is 16.1. The van der Waals surface area contributed by atoms with Gasteiger partial charge >= 0.3 is 0 Å². The fourth-order valence-electron chi connectivity index (χ4n) is 3.63. The molecule has 1 aromatic heterocycles. The third-order valence-corrected chi connectivity index (χ3v) is 5.76. The van der Waals surface area contributed by atoms with E-state index in [1.165, 1.54) is 50.0 Å². The highest BCUT2D eigenvalue weighted by Crippen LogP contribution is 2.25. The molecule has 0 spiro atoms. The molecule has 0 unspecified atom stereocenters. The first kappa shape index (κ1) is 16.9. The number of hydrogen-bond donors (Lipinski definition) is 0. The Balaban J connectivity index is 1.46.